The predicted octanol–water partition coefficient (Wildman–Crippen LogP) is 4.51. The van der Waals surface area contributed by atoms with Crippen LogP contribution >= 0.6 is 12.6 Å². The summed E-state index contributed by atoms with van der Waals surface area (Å²) in [5, 5.41) is 13.8. The second-order valence-electron chi connectivity index (χ2n) is 10.9. The number of halogens is 4. The summed E-state index contributed by atoms with van der Waals surface area (Å²) in [6, 6.07) is 17.5. The van der Waals surface area contributed by atoms with E-state index >= 15 is 4.39 Å². The predicted molar refractivity (Wildman–Crippen MR) is 170 cm³/mol. The van der Waals surface area contributed by atoms with E-state index in [0.717, 1.165) is 17.0 Å². The number of hydrogen-bond acceptors (Lipinski definition) is 7. The molecule has 48 heavy (non-hydrogen) atoms. The molecule has 4 aromatic rings. The number of sulfonamides is 1. The van der Waals surface area contributed by atoms with Crippen LogP contribution in [0.1, 0.15) is 16.7 Å². The van der Waals surface area contributed by atoms with E-state index in [1.54, 1.807) is 48.5 Å². The maximum Gasteiger partial charge on any atom is 0.415 e. The second kappa shape index (κ2) is 14.8. The summed E-state index contributed by atoms with van der Waals surface area (Å²) in [4.78, 5) is 26.0. The fourth-order valence-electron chi connectivity index (χ4n) is 5.20. The first kappa shape index (κ1) is 34.9. The topological polar surface area (TPSA) is 125 Å². The van der Waals surface area contributed by atoms with Crippen molar-refractivity contribution < 1.29 is 45.4 Å². The van der Waals surface area contributed by atoms with Crippen LogP contribution in [0.3, 0.4) is 0 Å². The Labute approximate surface area is 279 Å². The van der Waals surface area contributed by atoms with E-state index in [1.807, 2.05) is 4.72 Å². The van der Waals surface area contributed by atoms with E-state index in [2.05, 4.69) is 17.9 Å². The Morgan fingerprint density at radius 1 is 0.979 bits per heavy atom. The van der Waals surface area contributed by atoms with Gasteiger partial charge in [0.1, 0.15) is 23.1 Å². The Kier molecular flexibility index (Phi) is 10.7. The zero-order valence-electron chi connectivity index (χ0n) is 24.9. The van der Waals surface area contributed by atoms with Crippen LogP contribution in [0.15, 0.2) is 94.7 Å². The molecule has 5 rings (SSSR count). The van der Waals surface area contributed by atoms with Gasteiger partial charge in [-0.15, -0.1) is 12.6 Å². The van der Waals surface area contributed by atoms with Crippen molar-refractivity contribution in [3.05, 3.63) is 125 Å². The number of nitrogens with zero attached hydrogens (tertiary/aromatic N) is 1. The van der Waals surface area contributed by atoms with Crippen LogP contribution in [-0.2, 0) is 32.4 Å². The van der Waals surface area contributed by atoms with Crippen LogP contribution in [0.2, 0.25) is 0 Å². The lowest BCUT2D eigenvalue weighted by Gasteiger charge is -2.28. The molecule has 3 atom stereocenters. The number of hydrogen-bond donors (Lipinski definition) is 4. The number of rotatable bonds is 12. The number of thiol groups is 1. The first-order valence-corrected chi connectivity index (χ1v) is 16.5. The first-order chi connectivity index (χ1) is 22.9. The van der Waals surface area contributed by atoms with Crippen molar-refractivity contribution in [3.63, 3.8) is 0 Å². The quantitative estimate of drug-likeness (QED) is 0.0979. The minimum atomic E-state index is -4.89. The zero-order valence-corrected chi connectivity index (χ0v) is 26.7. The number of aliphatic hydroxyl groups excluding tert-OH is 1. The highest BCUT2D eigenvalue weighted by Crippen LogP contribution is 2.28. The molecule has 15 heteroatoms. The molecule has 1 unspecified atom stereocenters. The molecule has 0 saturated carbocycles. The van der Waals surface area contributed by atoms with Gasteiger partial charge in [0.05, 0.1) is 17.8 Å². The molecule has 1 saturated heterocycles. The zero-order chi connectivity index (χ0) is 34.6. The van der Waals surface area contributed by atoms with Crippen LogP contribution in [-0.4, -0.2) is 56.9 Å². The molecule has 0 aliphatic carbocycles. The van der Waals surface area contributed by atoms with Crippen molar-refractivity contribution >= 4 is 40.3 Å². The summed E-state index contributed by atoms with van der Waals surface area (Å²) in [5.74, 6) is -6.14. The molecule has 3 N–H and O–H groups in total. The van der Waals surface area contributed by atoms with Crippen molar-refractivity contribution in [2.24, 2.45) is 0 Å². The molecule has 0 spiro atoms. The number of benzene rings is 4. The standard InChI is InChI=1S/C33H29F4N3O6S2/c34-21-10-6-11-22(15-21)40-26(18-46-33(40)43)32(42)39-25(13-19-7-2-1-3-8-19)27(41)17-38-48(44,45)29-16-24(35)30(36)23(31(29)37)14-20-9-4-5-12-28(20)47/h1-12,15-16,25-27,38,41,47H,13-14,17-18H2,(H,39,42)/t25-,26?,27+/m0/s1. The van der Waals surface area contributed by atoms with Crippen molar-refractivity contribution in [2.75, 3.05) is 18.1 Å². The Hall–Kier alpha value is -4.44. The summed E-state index contributed by atoms with van der Waals surface area (Å²) < 4.78 is 92.3. The molecule has 1 aliphatic heterocycles. The lowest BCUT2D eigenvalue weighted by Crippen LogP contribution is -2.54. The Morgan fingerprint density at radius 2 is 1.69 bits per heavy atom. The van der Waals surface area contributed by atoms with Crippen LogP contribution in [0, 0.1) is 23.3 Å². The van der Waals surface area contributed by atoms with Crippen molar-refractivity contribution in [2.45, 2.75) is 40.8 Å². The molecular weight excluding hydrogens is 675 g/mol. The van der Waals surface area contributed by atoms with Crippen molar-refractivity contribution in [1.82, 2.24) is 10.0 Å². The van der Waals surface area contributed by atoms with Gasteiger partial charge in [0.25, 0.3) is 0 Å². The molecule has 1 heterocycles. The van der Waals surface area contributed by atoms with Gasteiger partial charge in [-0.3, -0.25) is 9.69 Å². The van der Waals surface area contributed by atoms with Gasteiger partial charge in [0, 0.05) is 23.4 Å². The molecule has 2 amide bonds. The third kappa shape index (κ3) is 7.81. The Balaban J connectivity index is 1.37. The fourth-order valence-corrected chi connectivity index (χ4v) is 6.61. The van der Waals surface area contributed by atoms with Crippen LogP contribution in [0.5, 0.6) is 0 Å². The second-order valence-corrected chi connectivity index (χ2v) is 13.2. The minimum absolute atomic E-state index is 0.0240. The molecule has 0 bridgehead atoms. The van der Waals surface area contributed by atoms with E-state index in [4.69, 9.17) is 4.74 Å². The summed E-state index contributed by atoms with van der Waals surface area (Å²) in [5.41, 5.74) is 0.172. The third-order valence-corrected chi connectivity index (χ3v) is 9.56. The Morgan fingerprint density at radius 3 is 2.40 bits per heavy atom. The minimum Gasteiger partial charge on any atom is -0.446 e. The van der Waals surface area contributed by atoms with Gasteiger partial charge in [-0.25, -0.2) is 35.5 Å². The number of cyclic esters (lactones) is 1. The highest BCUT2D eigenvalue weighted by Gasteiger charge is 2.41. The number of nitrogens with one attached hydrogen (secondary N) is 2. The van der Waals surface area contributed by atoms with Gasteiger partial charge >= 0.3 is 6.09 Å². The first-order valence-electron chi connectivity index (χ1n) is 14.5. The van der Waals surface area contributed by atoms with E-state index in [0.29, 0.717) is 16.0 Å². The number of amides is 2. The molecular formula is C33H29F4N3O6S2. The summed E-state index contributed by atoms with van der Waals surface area (Å²) in [6.07, 6.45) is -3.08. The number of anilines is 1. The number of carbonyl (C=O) groups is 2. The maximum absolute atomic E-state index is 15.5. The molecule has 0 aromatic heterocycles. The van der Waals surface area contributed by atoms with Crippen LogP contribution < -0.4 is 14.9 Å². The molecule has 252 valence electrons. The fraction of sp³-hybridized carbons (Fsp3) is 0.212. The third-order valence-electron chi connectivity index (χ3n) is 7.70. The highest BCUT2D eigenvalue weighted by atomic mass is 32.2. The van der Waals surface area contributed by atoms with Gasteiger partial charge in [-0.1, -0.05) is 54.6 Å². The van der Waals surface area contributed by atoms with Gasteiger partial charge in [0.15, 0.2) is 17.7 Å². The lowest BCUT2D eigenvalue weighted by atomic mass is 10.0. The normalized spacial score (nSPS) is 16.0. The molecule has 1 aliphatic rings. The SMILES string of the molecule is O=C(N[C@@H](Cc1ccccc1)[C@H](O)CNS(=O)(=O)c1cc(F)c(F)c(Cc2ccccc2S)c1F)C1COC(=O)N1c1cccc(F)c1. The van der Waals surface area contributed by atoms with Crippen molar-refractivity contribution in [3.8, 4) is 0 Å². The van der Waals surface area contributed by atoms with Crippen LogP contribution in [0.25, 0.3) is 0 Å². The van der Waals surface area contributed by atoms with Gasteiger partial charge < -0.3 is 15.2 Å². The maximum atomic E-state index is 15.5. The number of carbonyl (C=O) groups excluding carboxylic acids is 2. The lowest BCUT2D eigenvalue weighted by molar-refractivity contribution is -0.123. The smallest absolute Gasteiger partial charge is 0.415 e. The van der Waals surface area contributed by atoms with Crippen molar-refractivity contribution in [1.29, 1.82) is 0 Å². The van der Waals surface area contributed by atoms with E-state index in [1.165, 1.54) is 18.2 Å². The molecule has 0 radical (unpaired) electrons. The average molecular weight is 704 g/mol. The largest absolute Gasteiger partial charge is 0.446 e. The Bertz CT molecular complexity index is 1930. The van der Waals surface area contributed by atoms with Gasteiger partial charge in [-0.2, -0.15) is 0 Å². The van der Waals surface area contributed by atoms with E-state index < -0.39 is 93.5 Å². The van der Waals surface area contributed by atoms with Crippen LogP contribution in [0.4, 0.5) is 28.0 Å². The molecule has 9 nitrogen and oxygen atoms in total. The van der Waals surface area contributed by atoms with Gasteiger partial charge in [0.2, 0.25) is 15.9 Å². The van der Waals surface area contributed by atoms with Gasteiger partial charge in [-0.05, 0) is 47.9 Å². The monoisotopic (exact) mass is 703 g/mol. The molecule has 4 aromatic carbocycles. The number of aliphatic hydroxyl groups is 1. The van der Waals surface area contributed by atoms with E-state index in [9.17, 15) is 36.3 Å². The summed E-state index contributed by atoms with van der Waals surface area (Å²) in [7, 11) is -4.89. The number of ether oxygens (including phenoxy) is 1. The highest BCUT2D eigenvalue weighted by molar-refractivity contribution is 7.89. The van der Waals surface area contributed by atoms with E-state index in [-0.39, 0.29) is 18.2 Å². The average Bonchev–Trinajstić information content (AvgIpc) is 3.46. The molecule has 1 fully saturated rings. The summed E-state index contributed by atoms with van der Waals surface area (Å²) in [6.45, 7) is -1.18. The summed E-state index contributed by atoms with van der Waals surface area (Å²) >= 11 is 4.23.